The van der Waals surface area contributed by atoms with Crippen LogP contribution in [0.4, 0.5) is 4.79 Å². The number of nitrogens with one attached hydrogen (secondary N) is 1. The number of nitrogens with zero attached hydrogens (tertiary/aromatic N) is 1. The minimum atomic E-state index is -1.06. The maximum absolute atomic E-state index is 12.2. The van der Waals surface area contributed by atoms with Crippen LogP contribution in [-0.2, 0) is 9.53 Å². The van der Waals surface area contributed by atoms with Gasteiger partial charge in [0, 0.05) is 12.6 Å². The van der Waals surface area contributed by atoms with Crippen molar-refractivity contribution >= 4 is 12.0 Å². The second-order valence-electron chi connectivity index (χ2n) is 5.18. The average molecular weight is 276 g/mol. The number of carbonyl (C=O) groups excluding carboxylic acids is 2. The minimum Gasteiger partial charge on any atom is -0.469 e. The van der Waals surface area contributed by atoms with Gasteiger partial charge in [-0.1, -0.05) is 18.2 Å². The highest BCUT2D eigenvalue weighted by atomic mass is 16.5. The molecule has 1 aromatic rings. The molecular formula is C14H16N2O4. The second kappa shape index (κ2) is 4.13. The van der Waals surface area contributed by atoms with Crippen molar-refractivity contribution in [3.63, 3.8) is 0 Å². The molecule has 0 unspecified atom stereocenters. The monoisotopic (exact) mass is 276 g/mol. The Labute approximate surface area is 116 Å². The Kier molecular flexibility index (Phi) is 2.64. The van der Waals surface area contributed by atoms with Gasteiger partial charge in [-0.05, 0) is 13.0 Å². The summed E-state index contributed by atoms with van der Waals surface area (Å²) in [6.45, 7) is 1.73. The van der Waals surface area contributed by atoms with Crippen molar-refractivity contribution in [3.05, 3.63) is 29.8 Å². The fraction of sp³-hybridized carbons (Fsp3) is 0.429. The molecule has 0 aromatic heterocycles. The third-order valence-electron chi connectivity index (χ3n) is 4.19. The Morgan fingerprint density at radius 1 is 1.45 bits per heavy atom. The molecule has 1 aromatic carbocycles. The van der Waals surface area contributed by atoms with Crippen molar-refractivity contribution in [1.82, 2.24) is 10.2 Å². The normalized spacial score (nSPS) is 30.9. The van der Waals surface area contributed by atoms with Gasteiger partial charge < -0.3 is 14.8 Å². The standard InChI is InChI=1S/C14H16N2O4/c1-14-10(12(17)19-3)11(15-13(18)16(14)2)8-6-4-5-7-9(8)20-14/h4-7,10-11H,1-3H3,(H,15,18)/t10-,11+,14+/m1/s1. The summed E-state index contributed by atoms with van der Waals surface area (Å²) in [4.78, 5) is 25.6. The lowest BCUT2D eigenvalue weighted by Gasteiger charge is -2.53. The molecule has 0 aliphatic carbocycles. The summed E-state index contributed by atoms with van der Waals surface area (Å²) in [6, 6.07) is 6.68. The van der Waals surface area contributed by atoms with Crippen molar-refractivity contribution in [2.45, 2.75) is 18.7 Å². The molecule has 2 bridgehead atoms. The number of hydrogen-bond acceptors (Lipinski definition) is 4. The van der Waals surface area contributed by atoms with Gasteiger partial charge >= 0.3 is 12.0 Å². The molecule has 0 saturated carbocycles. The van der Waals surface area contributed by atoms with Crippen LogP contribution in [0.15, 0.2) is 24.3 Å². The number of amides is 2. The van der Waals surface area contributed by atoms with Crippen LogP contribution >= 0.6 is 0 Å². The van der Waals surface area contributed by atoms with Gasteiger partial charge in [0.1, 0.15) is 11.7 Å². The van der Waals surface area contributed by atoms with Crippen LogP contribution < -0.4 is 10.1 Å². The van der Waals surface area contributed by atoms with Crippen LogP contribution in [0.5, 0.6) is 5.75 Å². The Morgan fingerprint density at radius 2 is 2.15 bits per heavy atom. The van der Waals surface area contributed by atoms with Crippen LogP contribution in [0.3, 0.4) is 0 Å². The highest BCUT2D eigenvalue weighted by molar-refractivity contribution is 5.84. The number of esters is 1. The Hall–Kier alpha value is -2.24. The number of ether oxygens (including phenoxy) is 2. The molecule has 1 fully saturated rings. The first-order chi connectivity index (χ1) is 9.49. The first-order valence-electron chi connectivity index (χ1n) is 6.39. The molecule has 3 atom stereocenters. The Bertz CT molecular complexity index is 588. The van der Waals surface area contributed by atoms with E-state index in [9.17, 15) is 9.59 Å². The van der Waals surface area contributed by atoms with Gasteiger partial charge in [-0.3, -0.25) is 9.69 Å². The second-order valence-corrected chi connectivity index (χ2v) is 5.18. The van der Waals surface area contributed by atoms with E-state index in [2.05, 4.69) is 5.32 Å². The number of fused-ring (bicyclic) bond motifs is 4. The molecule has 2 aliphatic heterocycles. The van der Waals surface area contributed by atoms with Crippen LogP contribution in [0.1, 0.15) is 18.5 Å². The molecule has 0 spiro atoms. The van der Waals surface area contributed by atoms with Gasteiger partial charge in [0.15, 0.2) is 5.72 Å². The number of hydrogen-bond donors (Lipinski definition) is 1. The molecule has 6 nitrogen and oxygen atoms in total. The molecule has 6 heteroatoms. The van der Waals surface area contributed by atoms with Gasteiger partial charge in [-0.25, -0.2) is 4.79 Å². The predicted octanol–water partition coefficient (Wildman–Crippen LogP) is 1.28. The van der Waals surface area contributed by atoms with E-state index in [1.54, 1.807) is 14.0 Å². The third kappa shape index (κ3) is 1.51. The SMILES string of the molecule is COC(=O)[C@H]1[C@H]2NC(=O)N(C)[C@@]1(C)Oc1ccccc12. The summed E-state index contributed by atoms with van der Waals surface area (Å²) in [5.74, 6) is -0.351. The number of carbonyl (C=O) groups is 2. The van der Waals surface area contributed by atoms with Gasteiger partial charge in [0.25, 0.3) is 0 Å². The van der Waals surface area contributed by atoms with Crippen LogP contribution in [0.25, 0.3) is 0 Å². The smallest absolute Gasteiger partial charge is 0.320 e. The molecular weight excluding hydrogens is 260 g/mol. The van der Waals surface area contributed by atoms with E-state index in [1.165, 1.54) is 12.0 Å². The van der Waals surface area contributed by atoms with E-state index < -0.39 is 23.7 Å². The van der Waals surface area contributed by atoms with Crippen LogP contribution in [0, 0.1) is 5.92 Å². The van der Waals surface area contributed by atoms with Gasteiger partial charge in [0.2, 0.25) is 0 Å². The molecule has 1 saturated heterocycles. The molecule has 1 N–H and O–H groups in total. The zero-order valence-corrected chi connectivity index (χ0v) is 11.5. The van der Waals surface area contributed by atoms with Crippen molar-refractivity contribution < 1.29 is 19.1 Å². The van der Waals surface area contributed by atoms with Crippen LogP contribution in [0.2, 0.25) is 0 Å². The molecule has 20 heavy (non-hydrogen) atoms. The highest BCUT2D eigenvalue weighted by Gasteiger charge is 2.59. The Morgan fingerprint density at radius 3 is 2.85 bits per heavy atom. The first-order valence-corrected chi connectivity index (χ1v) is 6.39. The van der Waals surface area contributed by atoms with Crippen LogP contribution in [-0.4, -0.2) is 36.8 Å². The Balaban J connectivity index is 2.18. The van der Waals surface area contributed by atoms with E-state index in [4.69, 9.17) is 9.47 Å². The lowest BCUT2D eigenvalue weighted by molar-refractivity contribution is -0.173. The van der Waals surface area contributed by atoms with Gasteiger partial charge in [-0.15, -0.1) is 0 Å². The largest absolute Gasteiger partial charge is 0.469 e. The number of rotatable bonds is 1. The van der Waals surface area contributed by atoms with E-state index in [0.717, 1.165) is 5.56 Å². The van der Waals surface area contributed by atoms with Crippen molar-refractivity contribution in [2.24, 2.45) is 5.92 Å². The minimum absolute atomic E-state index is 0.271. The number of methoxy groups -OCH3 is 1. The lowest BCUT2D eigenvalue weighted by Crippen LogP contribution is -2.70. The number of benzene rings is 1. The predicted molar refractivity (Wildman–Crippen MR) is 70.0 cm³/mol. The summed E-state index contributed by atoms with van der Waals surface area (Å²) in [5.41, 5.74) is -0.268. The topological polar surface area (TPSA) is 67.9 Å². The fourth-order valence-corrected chi connectivity index (χ4v) is 2.96. The van der Waals surface area contributed by atoms with Crippen molar-refractivity contribution in [2.75, 3.05) is 14.2 Å². The van der Waals surface area contributed by atoms with Crippen molar-refractivity contribution in [1.29, 1.82) is 0 Å². The summed E-state index contributed by atoms with van der Waals surface area (Å²) >= 11 is 0. The molecule has 3 rings (SSSR count). The third-order valence-corrected chi connectivity index (χ3v) is 4.19. The summed E-state index contributed by atoms with van der Waals surface area (Å²) in [5, 5.41) is 2.85. The van der Waals surface area contributed by atoms with E-state index in [1.807, 2.05) is 24.3 Å². The molecule has 2 heterocycles. The van der Waals surface area contributed by atoms with Gasteiger partial charge in [-0.2, -0.15) is 0 Å². The quantitative estimate of drug-likeness (QED) is 0.785. The molecule has 2 aliphatic rings. The molecule has 106 valence electrons. The molecule has 0 radical (unpaired) electrons. The van der Waals surface area contributed by atoms with E-state index in [0.29, 0.717) is 5.75 Å². The maximum atomic E-state index is 12.2. The first kappa shape index (κ1) is 12.8. The van der Waals surface area contributed by atoms with E-state index in [-0.39, 0.29) is 6.03 Å². The summed E-state index contributed by atoms with van der Waals surface area (Å²) < 4.78 is 10.9. The average Bonchev–Trinajstić information content (AvgIpc) is 2.44. The fourth-order valence-electron chi connectivity index (χ4n) is 2.96. The maximum Gasteiger partial charge on any atom is 0.320 e. The number of urea groups is 1. The van der Waals surface area contributed by atoms with E-state index >= 15 is 0 Å². The zero-order chi connectivity index (χ0) is 14.5. The highest BCUT2D eigenvalue weighted by Crippen LogP contribution is 2.47. The lowest BCUT2D eigenvalue weighted by atomic mass is 9.79. The summed E-state index contributed by atoms with van der Waals surface area (Å²) in [7, 11) is 2.94. The molecule has 2 amide bonds. The number of para-hydroxylation sites is 1. The van der Waals surface area contributed by atoms with Gasteiger partial charge in [0.05, 0.1) is 13.2 Å². The summed E-state index contributed by atoms with van der Waals surface area (Å²) in [6.07, 6.45) is 0. The zero-order valence-electron chi connectivity index (χ0n) is 11.5. The van der Waals surface area contributed by atoms with Crippen molar-refractivity contribution in [3.8, 4) is 5.75 Å².